The van der Waals surface area contributed by atoms with E-state index < -0.39 is 17.1 Å². The number of pyridine rings is 1. The van der Waals surface area contributed by atoms with Crippen LogP contribution in [-0.2, 0) is 9.53 Å². The topological polar surface area (TPSA) is 107 Å². The van der Waals surface area contributed by atoms with Crippen LogP contribution in [0.4, 0.5) is 5.69 Å². The van der Waals surface area contributed by atoms with Gasteiger partial charge in [0.1, 0.15) is 10.9 Å². The molecular weight excluding hydrogens is 496 g/mol. The molecule has 37 heavy (non-hydrogen) atoms. The molecule has 1 unspecified atom stereocenters. The Balaban J connectivity index is 1.50. The Bertz CT molecular complexity index is 1550. The standard InChI is InChI=1S/C27H19ClN4O5/c1-36-21-13-6-17(7-14-21)8-15-24(33)31-27(22-16-19-4-2-3-5-23(19)29-25(22)28)37-26(30-31)18-9-11-20(12-10-18)32(34)35/h2-16,27H,1H3/b15-8+. The lowest BCUT2D eigenvalue weighted by molar-refractivity contribution is -0.384. The molecule has 1 amide bonds. The molecular formula is C27H19ClN4O5. The van der Waals surface area contributed by atoms with Crippen LogP contribution in [0.1, 0.15) is 22.9 Å². The summed E-state index contributed by atoms with van der Waals surface area (Å²) in [6.45, 7) is 0. The van der Waals surface area contributed by atoms with Gasteiger partial charge in [-0.3, -0.25) is 14.9 Å². The zero-order valence-corrected chi connectivity index (χ0v) is 20.2. The molecule has 9 nitrogen and oxygen atoms in total. The first kappa shape index (κ1) is 24.0. The van der Waals surface area contributed by atoms with Gasteiger partial charge in [0.15, 0.2) is 0 Å². The fraction of sp³-hybridized carbons (Fsp3) is 0.0741. The average molecular weight is 515 g/mol. The van der Waals surface area contributed by atoms with Crippen molar-refractivity contribution in [2.45, 2.75) is 6.23 Å². The summed E-state index contributed by atoms with van der Waals surface area (Å²) in [4.78, 5) is 28.3. The number of methoxy groups -OCH3 is 1. The Hall–Kier alpha value is -4.76. The highest BCUT2D eigenvalue weighted by Gasteiger charge is 2.36. The van der Waals surface area contributed by atoms with Crippen LogP contribution in [0.2, 0.25) is 5.15 Å². The number of hydrazone groups is 1. The third-order valence-corrected chi connectivity index (χ3v) is 6.00. The zero-order valence-electron chi connectivity index (χ0n) is 19.4. The summed E-state index contributed by atoms with van der Waals surface area (Å²) in [6, 6.07) is 22.2. The lowest BCUT2D eigenvalue weighted by Crippen LogP contribution is -2.26. The second-order valence-electron chi connectivity index (χ2n) is 8.03. The number of non-ortho nitro benzene ring substituents is 1. The number of nitro groups is 1. The smallest absolute Gasteiger partial charge is 0.270 e. The van der Waals surface area contributed by atoms with Gasteiger partial charge in [-0.1, -0.05) is 41.9 Å². The van der Waals surface area contributed by atoms with Crippen LogP contribution < -0.4 is 4.74 Å². The van der Waals surface area contributed by atoms with E-state index in [4.69, 9.17) is 21.1 Å². The van der Waals surface area contributed by atoms with Crippen molar-refractivity contribution in [1.29, 1.82) is 0 Å². The molecule has 0 N–H and O–H groups in total. The number of amides is 1. The first-order chi connectivity index (χ1) is 17.9. The molecule has 5 rings (SSSR count). The lowest BCUT2D eigenvalue weighted by atomic mass is 10.1. The van der Waals surface area contributed by atoms with Crippen LogP contribution in [0.25, 0.3) is 17.0 Å². The highest BCUT2D eigenvalue weighted by atomic mass is 35.5. The van der Waals surface area contributed by atoms with Gasteiger partial charge in [-0.05, 0) is 48.0 Å². The predicted molar refractivity (Wildman–Crippen MR) is 139 cm³/mol. The first-order valence-corrected chi connectivity index (χ1v) is 11.5. The van der Waals surface area contributed by atoms with E-state index in [1.165, 1.54) is 35.4 Å². The van der Waals surface area contributed by atoms with E-state index in [0.717, 1.165) is 10.9 Å². The number of halogens is 1. The number of hydrogen-bond donors (Lipinski definition) is 0. The van der Waals surface area contributed by atoms with Crippen molar-refractivity contribution in [2.24, 2.45) is 5.10 Å². The monoisotopic (exact) mass is 514 g/mol. The van der Waals surface area contributed by atoms with Gasteiger partial charge in [0, 0.05) is 29.2 Å². The fourth-order valence-corrected chi connectivity index (χ4v) is 4.02. The molecule has 10 heteroatoms. The molecule has 1 atom stereocenters. The third-order valence-electron chi connectivity index (χ3n) is 5.70. The lowest BCUT2D eigenvalue weighted by Gasteiger charge is -2.20. The number of nitro benzene ring substituents is 1. The molecule has 0 aliphatic carbocycles. The van der Waals surface area contributed by atoms with E-state index in [2.05, 4.69) is 10.1 Å². The van der Waals surface area contributed by atoms with E-state index >= 15 is 0 Å². The third kappa shape index (κ3) is 4.98. The second kappa shape index (κ2) is 10.1. The maximum Gasteiger partial charge on any atom is 0.270 e. The molecule has 1 aromatic heterocycles. The SMILES string of the molecule is COc1ccc(/C=C/C(=O)N2N=C(c3ccc([N+](=O)[O-])cc3)OC2c2cc3ccccc3nc2Cl)cc1. The number of benzene rings is 3. The van der Waals surface area contributed by atoms with Crippen LogP contribution in [0.3, 0.4) is 0 Å². The summed E-state index contributed by atoms with van der Waals surface area (Å²) in [5.74, 6) is 0.365. The summed E-state index contributed by atoms with van der Waals surface area (Å²) in [7, 11) is 1.58. The minimum atomic E-state index is -0.997. The number of carbonyl (C=O) groups is 1. The maximum absolute atomic E-state index is 13.3. The Morgan fingerprint density at radius 2 is 1.84 bits per heavy atom. The maximum atomic E-state index is 13.3. The Morgan fingerprint density at radius 1 is 1.11 bits per heavy atom. The van der Waals surface area contributed by atoms with E-state index in [0.29, 0.717) is 22.4 Å². The predicted octanol–water partition coefficient (Wildman–Crippen LogP) is 5.74. The van der Waals surface area contributed by atoms with Gasteiger partial charge in [-0.25, -0.2) is 4.98 Å². The number of para-hydroxylation sites is 1. The Kier molecular flexibility index (Phi) is 6.53. The van der Waals surface area contributed by atoms with Crippen LogP contribution in [0, 0.1) is 10.1 Å². The molecule has 0 spiro atoms. The quantitative estimate of drug-likeness (QED) is 0.140. The van der Waals surface area contributed by atoms with Crippen molar-refractivity contribution in [3.8, 4) is 5.75 Å². The largest absolute Gasteiger partial charge is 0.497 e. The number of carbonyl (C=O) groups excluding carboxylic acids is 1. The highest BCUT2D eigenvalue weighted by Crippen LogP contribution is 2.35. The minimum Gasteiger partial charge on any atom is -0.497 e. The second-order valence-corrected chi connectivity index (χ2v) is 8.39. The van der Waals surface area contributed by atoms with Gasteiger partial charge in [-0.15, -0.1) is 5.10 Å². The molecule has 0 fully saturated rings. The number of aromatic nitrogens is 1. The summed E-state index contributed by atoms with van der Waals surface area (Å²) in [5.41, 5.74) is 2.33. The normalized spacial score (nSPS) is 15.0. The van der Waals surface area contributed by atoms with Crippen molar-refractivity contribution in [3.63, 3.8) is 0 Å². The molecule has 3 aromatic carbocycles. The number of ether oxygens (including phenoxy) is 2. The Morgan fingerprint density at radius 3 is 2.54 bits per heavy atom. The van der Waals surface area contributed by atoms with Crippen molar-refractivity contribution in [3.05, 3.63) is 117 Å². The molecule has 0 radical (unpaired) electrons. The summed E-state index contributed by atoms with van der Waals surface area (Å²) < 4.78 is 11.3. The van der Waals surface area contributed by atoms with Gasteiger partial charge in [0.05, 0.1) is 23.1 Å². The average Bonchev–Trinajstić information content (AvgIpc) is 3.37. The van der Waals surface area contributed by atoms with Crippen LogP contribution in [0.15, 0.2) is 90.0 Å². The Labute approximate surface area is 216 Å². The number of fused-ring (bicyclic) bond motifs is 1. The first-order valence-electron chi connectivity index (χ1n) is 11.1. The number of rotatable bonds is 6. The van der Waals surface area contributed by atoms with Gasteiger partial charge in [-0.2, -0.15) is 5.01 Å². The molecule has 2 heterocycles. The van der Waals surface area contributed by atoms with Crippen molar-refractivity contribution in [1.82, 2.24) is 9.99 Å². The van der Waals surface area contributed by atoms with Crippen LogP contribution in [-0.4, -0.2) is 33.8 Å². The van der Waals surface area contributed by atoms with Gasteiger partial charge in [0.25, 0.3) is 11.6 Å². The highest BCUT2D eigenvalue weighted by molar-refractivity contribution is 6.30. The number of nitrogens with zero attached hydrogens (tertiary/aromatic N) is 4. The zero-order chi connectivity index (χ0) is 25.9. The van der Waals surface area contributed by atoms with E-state index in [-0.39, 0.29) is 16.7 Å². The van der Waals surface area contributed by atoms with Crippen LogP contribution in [0.5, 0.6) is 5.75 Å². The molecule has 0 bridgehead atoms. The number of hydrogen-bond acceptors (Lipinski definition) is 7. The van der Waals surface area contributed by atoms with E-state index in [1.807, 2.05) is 36.4 Å². The van der Waals surface area contributed by atoms with E-state index in [1.54, 1.807) is 31.4 Å². The minimum absolute atomic E-state index is 0.0731. The van der Waals surface area contributed by atoms with Crippen molar-refractivity contribution in [2.75, 3.05) is 7.11 Å². The van der Waals surface area contributed by atoms with E-state index in [9.17, 15) is 14.9 Å². The van der Waals surface area contributed by atoms with Crippen molar-refractivity contribution < 1.29 is 19.2 Å². The molecule has 184 valence electrons. The van der Waals surface area contributed by atoms with Crippen LogP contribution >= 0.6 is 11.6 Å². The molecule has 0 saturated carbocycles. The van der Waals surface area contributed by atoms with Gasteiger partial charge < -0.3 is 9.47 Å². The van der Waals surface area contributed by atoms with Crippen molar-refractivity contribution >= 4 is 46.1 Å². The fourth-order valence-electron chi connectivity index (χ4n) is 3.78. The summed E-state index contributed by atoms with van der Waals surface area (Å²) in [5, 5.41) is 17.6. The van der Waals surface area contributed by atoms with Gasteiger partial charge >= 0.3 is 0 Å². The summed E-state index contributed by atoms with van der Waals surface area (Å²) >= 11 is 6.52. The molecule has 1 aliphatic heterocycles. The molecule has 1 aliphatic rings. The molecule has 0 saturated heterocycles. The summed E-state index contributed by atoms with van der Waals surface area (Å²) in [6.07, 6.45) is 2.03. The molecule has 4 aromatic rings. The van der Waals surface area contributed by atoms with Gasteiger partial charge in [0.2, 0.25) is 12.1 Å².